The molecule has 2 aromatic rings. The fourth-order valence-corrected chi connectivity index (χ4v) is 2.56. The predicted molar refractivity (Wildman–Crippen MR) is 79.7 cm³/mol. The van der Waals surface area contributed by atoms with Gasteiger partial charge < -0.3 is 0 Å². The summed E-state index contributed by atoms with van der Waals surface area (Å²) >= 11 is 2.03. The van der Waals surface area contributed by atoms with Crippen molar-refractivity contribution >= 4 is 34.5 Å². The number of nitrogens with zero attached hydrogens (tertiary/aromatic N) is 1. The minimum absolute atomic E-state index is 0.0346. The molecule has 0 radical (unpaired) electrons. The van der Waals surface area contributed by atoms with E-state index in [9.17, 15) is 4.79 Å². The van der Waals surface area contributed by atoms with E-state index in [1.54, 1.807) is 3.11 Å². The van der Waals surface area contributed by atoms with E-state index in [-0.39, 0.29) is 5.91 Å². The lowest BCUT2D eigenvalue weighted by molar-refractivity contribution is 0.101. The van der Waals surface area contributed by atoms with Gasteiger partial charge in [0.1, 0.15) is 0 Å². The Balaban J connectivity index is 2.30. The zero-order chi connectivity index (χ0) is 12.5. The third-order valence-electron chi connectivity index (χ3n) is 2.78. The van der Waals surface area contributed by atoms with E-state index in [2.05, 4.69) is 11.8 Å². The van der Waals surface area contributed by atoms with Crippen LogP contribution in [0.1, 0.15) is 21.5 Å². The molecule has 0 saturated carbocycles. The Kier molecular flexibility index (Phi) is 2.80. The Bertz CT molecular complexity index is 697. The summed E-state index contributed by atoms with van der Waals surface area (Å²) < 4.78 is 1.62. The average Bonchev–Trinajstić information content (AvgIpc) is 2.43. The third-order valence-corrected chi connectivity index (χ3v) is 3.74. The topological polar surface area (TPSA) is 20.3 Å². The van der Waals surface area contributed by atoms with Gasteiger partial charge in [0.25, 0.3) is 5.91 Å². The molecule has 0 unspecified atom stereocenters. The molecule has 2 nitrogen and oxygen atoms in total. The van der Waals surface area contributed by atoms with Crippen molar-refractivity contribution in [1.29, 1.82) is 0 Å². The highest BCUT2D eigenvalue weighted by molar-refractivity contribution is 14.1. The quantitative estimate of drug-likeness (QED) is 0.407. The number of fused-ring (bicyclic) bond motifs is 2. The molecule has 0 saturated heterocycles. The molecule has 0 spiro atoms. The molecule has 3 heteroatoms. The van der Waals surface area contributed by atoms with Gasteiger partial charge in [-0.15, -0.1) is 0 Å². The zero-order valence-electron chi connectivity index (χ0n) is 9.35. The van der Waals surface area contributed by atoms with Gasteiger partial charge in [-0.25, -0.2) is 3.11 Å². The Morgan fingerprint density at radius 1 is 0.889 bits per heavy atom. The number of anilines is 1. The Hall–Kier alpha value is -1.80. The summed E-state index contributed by atoms with van der Waals surface area (Å²) in [6.07, 6.45) is 0. The maximum absolute atomic E-state index is 12.4. The first-order chi connectivity index (χ1) is 8.77. The van der Waals surface area contributed by atoms with Crippen molar-refractivity contribution < 1.29 is 4.79 Å². The Morgan fingerprint density at radius 3 is 2.33 bits per heavy atom. The molecular formula is C15H8INO. The lowest BCUT2D eigenvalue weighted by Crippen LogP contribution is -2.22. The molecule has 86 valence electrons. The van der Waals surface area contributed by atoms with Gasteiger partial charge in [-0.3, -0.25) is 4.79 Å². The molecule has 3 rings (SSSR count). The molecule has 0 N–H and O–H groups in total. The molecule has 0 fully saturated rings. The van der Waals surface area contributed by atoms with E-state index in [4.69, 9.17) is 0 Å². The lowest BCUT2D eigenvalue weighted by Gasteiger charge is -2.18. The first-order valence-corrected chi connectivity index (χ1v) is 6.44. The highest BCUT2D eigenvalue weighted by atomic mass is 127. The van der Waals surface area contributed by atoms with Gasteiger partial charge in [0.05, 0.1) is 34.1 Å². The van der Waals surface area contributed by atoms with Crippen LogP contribution in [0.5, 0.6) is 0 Å². The van der Waals surface area contributed by atoms with E-state index < -0.39 is 0 Å². The molecule has 0 aromatic heterocycles. The summed E-state index contributed by atoms with van der Waals surface area (Å²) in [6.45, 7) is 0. The van der Waals surface area contributed by atoms with Crippen molar-refractivity contribution in [2.45, 2.75) is 0 Å². The first kappa shape index (κ1) is 11.3. The molecule has 0 aliphatic carbocycles. The van der Waals surface area contributed by atoms with Crippen LogP contribution in [-0.2, 0) is 0 Å². The van der Waals surface area contributed by atoms with Crippen LogP contribution < -0.4 is 3.11 Å². The van der Waals surface area contributed by atoms with Gasteiger partial charge in [0.15, 0.2) is 0 Å². The van der Waals surface area contributed by atoms with Crippen LogP contribution in [0, 0.1) is 11.8 Å². The van der Waals surface area contributed by atoms with E-state index >= 15 is 0 Å². The lowest BCUT2D eigenvalue weighted by atomic mass is 10.0. The van der Waals surface area contributed by atoms with E-state index in [0.29, 0.717) is 5.56 Å². The van der Waals surface area contributed by atoms with Crippen LogP contribution in [0.15, 0.2) is 48.5 Å². The van der Waals surface area contributed by atoms with Gasteiger partial charge in [0, 0.05) is 11.1 Å². The number of carbonyl (C=O) groups is 1. The molecule has 0 atom stereocenters. The van der Waals surface area contributed by atoms with Gasteiger partial charge in [-0.05, 0) is 24.3 Å². The van der Waals surface area contributed by atoms with Crippen molar-refractivity contribution in [1.82, 2.24) is 0 Å². The number of benzene rings is 2. The zero-order valence-corrected chi connectivity index (χ0v) is 11.5. The summed E-state index contributed by atoms with van der Waals surface area (Å²) in [5.41, 5.74) is 3.13. The highest BCUT2D eigenvalue weighted by Crippen LogP contribution is 2.27. The van der Waals surface area contributed by atoms with Crippen LogP contribution >= 0.6 is 22.9 Å². The molecular weight excluding hydrogens is 337 g/mol. The Morgan fingerprint density at radius 2 is 1.50 bits per heavy atom. The number of para-hydroxylation sites is 1. The second-order valence-electron chi connectivity index (χ2n) is 3.90. The van der Waals surface area contributed by atoms with Gasteiger partial charge in [-0.2, -0.15) is 0 Å². The second-order valence-corrected chi connectivity index (χ2v) is 4.86. The summed E-state index contributed by atoms with van der Waals surface area (Å²) in [5.74, 6) is 6.16. The molecule has 2 aromatic carbocycles. The van der Waals surface area contributed by atoms with E-state index in [1.807, 2.05) is 71.4 Å². The van der Waals surface area contributed by atoms with Crippen molar-refractivity contribution in [3.63, 3.8) is 0 Å². The van der Waals surface area contributed by atoms with Crippen LogP contribution in [0.3, 0.4) is 0 Å². The summed E-state index contributed by atoms with van der Waals surface area (Å²) in [6, 6.07) is 15.1. The first-order valence-electron chi connectivity index (χ1n) is 5.48. The van der Waals surface area contributed by atoms with Crippen molar-refractivity contribution in [2.24, 2.45) is 0 Å². The van der Waals surface area contributed by atoms with Crippen LogP contribution in [0.2, 0.25) is 0 Å². The average molecular weight is 345 g/mol. The number of hydrogen-bond acceptors (Lipinski definition) is 1. The van der Waals surface area contributed by atoms with Crippen LogP contribution in [0.25, 0.3) is 0 Å². The van der Waals surface area contributed by atoms with Crippen molar-refractivity contribution in [3.05, 3.63) is 65.2 Å². The molecule has 1 heterocycles. The van der Waals surface area contributed by atoms with Crippen LogP contribution in [0.4, 0.5) is 5.69 Å². The second kappa shape index (κ2) is 4.46. The largest absolute Gasteiger partial charge is 0.268 e. The third kappa shape index (κ3) is 1.79. The maximum Gasteiger partial charge on any atom is 0.268 e. The minimum Gasteiger partial charge on any atom is -0.268 e. The maximum atomic E-state index is 12.4. The number of hydrogen-bond donors (Lipinski definition) is 0. The normalized spacial score (nSPS) is 12.7. The molecule has 0 bridgehead atoms. The number of amides is 1. The summed E-state index contributed by atoms with van der Waals surface area (Å²) in [4.78, 5) is 12.4. The van der Waals surface area contributed by atoms with Crippen LogP contribution in [-0.4, -0.2) is 5.91 Å². The van der Waals surface area contributed by atoms with E-state index in [1.165, 1.54) is 0 Å². The minimum atomic E-state index is -0.0346. The van der Waals surface area contributed by atoms with Gasteiger partial charge in [-0.1, -0.05) is 36.1 Å². The van der Waals surface area contributed by atoms with Gasteiger partial charge in [0.2, 0.25) is 0 Å². The fraction of sp³-hybridized carbons (Fsp3) is 0. The molecule has 1 aliphatic heterocycles. The van der Waals surface area contributed by atoms with Crippen molar-refractivity contribution in [3.8, 4) is 11.8 Å². The number of carbonyl (C=O) groups excluding carboxylic acids is 1. The smallest absolute Gasteiger partial charge is 0.268 e. The number of halogens is 1. The van der Waals surface area contributed by atoms with Crippen molar-refractivity contribution in [2.75, 3.05) is 3.11 Å². The standard InChI is InChI=1S/C15H8INO/c16-17-14-8-4-2-6-12(14)10-9-11-5-1-3-7-13(11)15(17)18/h1-8H. The predicted octanol–water partition coefficient (Wildman–Crippen LogP) is 3.40. The number of rotatable bonds is 0. The highest BCUT2D eigenvalue weighted by Gasteiger charge is 2.20. The molecule has 1 aliphatic rings. The Labute approximate surface area is 119 Å². The summed E-state index contributed by atoms with van der Waals surface area (Å²) in [5, 5.41) is 0. The van der Waals surface area contributed by atoms with E-state index in [0.717, 1.165) is 16.8 Å². The monoisotopic (exact) mass is 345 g/mol. The molecule has 18 heavy (non-hydrogen) atoms. The van der Waals surface area contributed by atoms with Gasteiger partial charge >= 0.3 is 0 Å². The SMILES string of the molecule is O=C1c2ccccc2C#Cc2ccccc2N1I. The summed E-state index contributed by atoms with van der Waals surface area (Å²) in [7, 11) is 0. The fourth-order valence-electron chi connectivity index (χ4n) is 1.88. The molecule has 1 amide bonds.